The lowest BCUT2D eigenvalue weighted by Gasteiger charge is -2.31. The molecule has 2 aliphatic heterocycles. The number of nitrogens with two attached hydrogens (primary N) is 1. The van der Waals surface area contributed by atoms with Gasteiger partial charge in [-0.05, 0) is 31.8 Å². The van der Waals surface area contributed by atoms with E-state index < -0.39 is 0 Å². The van der Waals surface area contributed by atoms with Gasteiger partial charge in [0.25, 0.3) is 0 Å². The van der Waals surface area contributed by atoms with Crippen molar-refractivity contribution in [3.8, 4) is 0 Å². The van der Waals surface area contributed by atoms with E-state index in [1.54, 1.807) is 7.11 Å². The van der Waals surface area contributed by atoms with E-state index in [-0.39, 0.29) is 0 Å². The molecule has 6 heteroatoms. The highest BCUT2D eigenvalue weighted by Crippen LogP contribution is 2.17. The fourth-order valence-electron chi connectivity index (χ4n) is 2.73. The van der Waals surface area contributed by atoms with Crippen molar-refractivity contribution in [3.63, 3.8) is 0 Å². The average molecular weight is 284 g/mol. The molecule has 0 atom stereocenters. The van der Waals surface area contributed by atoms with Gasteiger partial charge in [0.1, 0.15) is 0 Å². The first-order chi connectivity index (χ1) is 9.79. The SMILES string of the molecule is COCCN1CCC(CN=C(N)N2CCOCC2)CC1. The van der Waals surface area contributed by atoms with Gasteiger partial charge in [0.05, 0.1) is 19.8 Å². The van der Waals surface area contributed by atoms with Crippen molar-refractivity contribution in [1.29, 1.82) is 0 Å². The van der Waals surface area contributed by atoms with Crippen molar-refractivity contribution in [1.82, 2.24) is 9.80 Å². The minimum Gasteiger partial charge on any atom is -0.383 e. The molecule has 20 heavy (non-hydrogen) atoms. The number of morpholine rings is 1. The lowest BCUT2D eigenvalue weighted by atomic mass is 9.97. The van der Waals surface area contributed by atoms with Gasteiger partial charge in [-0.2, -0.15) is 0 Å². The molecule has 0 bridgehead atoms. The molecule has 0 amide bonds. The van der Waals surface area contributed by atoms with Crippen LogP contribution in [-0.4, -0.2) is 82.0 Å². The van der Waals surface area contributed by atoms with Crippen LogP contribution < -0.4 is 5.73 Å². The van der Waals surface area contributed by atoms with Crippen LogP contribution in [0, 0.1) is 5.92 Å². The molecule has 2 N–H and O–H groups in total. The number of guanidine groups is 1. The Labute approximate surface area is 121 Å². The van der Waals surface area contributed by atoms with E-state index in [0.717, 1.165) is 59.1 Å². The predicted molar refractivity (Wildman–Crippen MR) is 79.9 cm³/mol. The second-order valence-electron chi connectivity index (χ2n) is 5.58. The molecule has 116 valence electrons. The third kappa shape index (κ3) is 4.92. The van der Waals surface area contributed by atoms with E-state index in [9.17, 15) is 0 Å². The molecule has 2 saturated heterocycles. The van der Waals surface area contributed by atoms with Crippen LogP contribution >= 0.6 is 0 Å². The van der Waals surface area contributed by atoms with Crippen LogP contribution in [0.1, 0.15) is 12.8 Å². The first-order valence-electron chi connectivity index (χ1n) is 7.63. The highest BCUT2D eigenvalue weighted by molar-refractivity contribution is 5.78. The molecule has 2 fully saturated rings. The van der Waals surface area contributed by atoms with Gasteiger partial charge in [0.15, 0.2) is 5.96 Å². The van der Waals surface area contributed by atoms with Gasteiger partial charge in [-0.1, -0.05) is 0 Å². The molecule has 0 saturated carbocycles. The maximum Gasteiger partial charge on any atom is 0.191 e. The number of nitrogens with zero attached hydrogens (tertiary/aromatic N) is 3. The summed E-state index contributed by atoms with van der Waals surface area (Å²) in [5.74, 6) is 1.36. The number of ether oxygens (including phenoxy) is 2. The molecule has 2 aliphatic rings. The van der Waals surface area contributed by atoms with Crippen molar-refractivity contribution < 1.29 is 9.47 Å². The zero-order valence-corrected chi connectivity index (χ0v) is 12.6. The fraction of sp³-hybridized carbons (Fsp3) is 0.929. The molecule has 0 aliphatic carbocycles. The summed E-state index contributed by atoms with van der Waals surface area (Å²) >= 11 is 0. The Bertz CT molecular complexity index is 298. The van der Waals surface area contributed by atoms with Crippen molar-refractivity contribution in [2.75, 3.05) is 66.2 Å². The van der Waals surface area contributed by atoms with Gasteiger partial charge >= 0.3 is 0 Å². The van der Waals surface area contributed by atoms with Crippen LogP contribution in [0.15, 0.2) is 4.99 Å². The average Bonchev–Trinajstić information content (AvgIpc) is 2.52. The molecule has 0 aromatic rings. The predicted octanol–water partition coefficient (Wildman–Crippen LogP) is -0.00830. The van der Waals surface area contributed by atoms with Gasteiger partial charge in [-0.3, -0.25) is 4.99 Å². The second kappa shape index (κ2) is 8.44. The summed E-state index contributed by atoms with van der Waals surface area (Å²) in [6.45, 7) is 8.29. The lowest BCUT2D eigenvalue weighted by molar-refractivity contribution is 0.0673. The summed E-state index contributed by atoms with van der Waals surface area (Å²) in [5.41, 5.74) is 6.05. The van der Waals surface area contributed by atoms with Gasteiger partial charge < -0.3 is 25.0 Å². The van der Waals surface area contributed by atoms with Crippen LogP contribution in [-0.2, 0) is 9.47 Å². The van der Waals surface area contributed by atoms with E-state index >= 15 is 0 Å². The molecular weight excluding hydrogens is 256 g/mol. The van der Waals surface area contributed by atoms with Gasteiger partial charge in [-0.15, -0.1) is 0 Å². The van der Waals surface area contributed by atoms with E-state index in [0.29, 0.717) is 11.9 Å². The largest absolute Gasteiger partial charge is 0.383 e. The maximum atomic E-state index is 6.05. The summed E-state index contributed by atoms with van der Waals surface area (Å²) in [6, 6.07) is 0. The van der Waals surface area contributed by atoms with E-state index in [1.165, 1.54) is 12.8 Å². The topological polar surface area (TPSA) is 63.3 Å². The normalized spacial score (nSPS) is 23.2. The quantitative estimate of drug-likeness (QED) is 0.568. The molecule has 2 heterocycles. The molecule has 0 unspecified atom stereocenters. The van der Waals surface area contributed by atoms with E-state index in [4.69, 9.17) is 15.2 Å². The zero-order valence-electron chi connectivity index (χ0n) is 12.6. The first kappa shape index (κ1) is 15.5. The summed E-state index contributed by atoms with van der Waals surface area (Å²) in [4.78, 5) is 9.17. The minimum absolute atomic E-state index is 0.674. The number of hydrogen-bond donors (Lipinski definition) is 1. The Hall–Kier alpha value is -0.850. The number of piperidine rings is 1. The molecule has 0 radical (unpaired) electrons. The van der Waals surface area contributed by atoms with Gasteiger partial charge in [-0.25, -0.2) is 0 Å². The fourth-order valence-corrected chi connectivity index (χ4v) is 2.73. The van der Waals surface area contributed by atoms with Crippen molar-refractivity contribution in [2.24, 2.45) is 16.6 Å². The van der Waals surface area contributed by atoms with Crippen LogP contribution in [0.25, 0.3) is 0 Å². The minimum atomic E-state index is 0.674. The summed E-state index contributed by atoms with van der Waals surface area (Å²) in [5, 5.41) is 0. The van der Waals surface area contributed by atoms with Crippen molar-refractivity contribution >= 4 is 5.96 Å². The smallest absolute Gasteiger partial charge is 0.191 e. The third-order valence-corrected chi connectivity index (χ3v) is 4.17. The van der Waals surface area contributed by atoms with Crippen LogP contribution in [0.2, 0.25) is 0 Å². The number of likely N-dealkylation sites (tertiary alicyclic amines) is 1. The second-order valence-corrected chi connectivity index (χ2v) is 5.58. The Morgan fingerprint density at radius 3 is 2.60 bits per heavy atom. The molecule has 2 rings (SSSR count). The highest BCUT2D eigenvalue weighted by atomic mass is 16.5. The number of aliphatic imine (C=N–C) groups is 1. The molecular formula is C14H28N4O2. The van der Waals surface area contributed by atoms with Crippen LogP contribution in [0.4, 0.5) is 0 Å². The Morgan fingerprint density at radius 1 is 1.25 bits per heavy atom. The highest BCUT2D eigenvalue weighted by Gasteiger charge is 2.19. The van der Waals surface area contributed by atoms with Gasteiger partial charge in [0, 0.05) is 33.3 Å². The van der Waals surface area contributed by atoms with Gasteiger partial charge in [0.2, 0.25) is 0 Å². The maximum absolute atomic E-state index is 6.05. The Morgan fingerprint density at radius 2 is 1.95 bits per heavy atom. The molecule has 6 nitrogen and oxygen atoms in total. The van der Waals surface area contributed by atoms with E-state index in [1.807, 2.05) is 0 Å². The summed E-state index contributed by atoms with van der Waals surface area (Å²) in [6.07, 6.45) is 2.42. The molecule has 0 spiro atoms. The van der Waals surface area contributed by atoms with E-state index in [2.05, 4.69) is 14.8 Å². The van der Waals surface area contributed by atoms with Crippen molar-refractivity contribution in [3.05, 3.63) is 0 Å². The number of rotatable bonds is 5. The third-order valence-electron chi connectivity index (χ3n) is 4.17. The Kier molecular flexibility index (Phi) is 6.56. The summed E-state index contributed by atoms with van der Waals surface area (Å²) < 4.78 is 10.4. The standard InChI is InChI=1S/C14H28N4O2/c1-19-9-6-17-4-2-13(3-5-17)12-16-14(15)18-7-10-20-11-8-18/h13H,2-12H2,1H3,(H2,15,16). The van der Waals surface area contributed by atoms with Crippen LogP contribution in [0.3, 0.4) is 0 Å². The van der Waals surface area contributed by atoms with Crippen LogP contribution in [0.5, 0.6) is 0 Å². The number of hydrogen-bond acceptors (Lipinski definition) is 4. The summed E-state index contributed by atoms with van der Waals surface area (Å²) in [7, 11) is 1.76. The lowest BCUT2D eigenvalue weighted by Crippen LogP contribution is -2.45. The molecule has 0 aromatic carbocycles. The van der Waals surface area contributed by atoms with Crippen molar-refractivity contribution in [2.45, 2.75) is 12.8 Å². The first-order valence-corrected chi connectivity index (χ1v) is 7.63. The number of methoxy groups -OCH3 is 1. The molecule has 0 aromatic heterocycles. The zero-order chi connectivity index (χ0) is 14.2. The Balaban J connectivity index is 1.67. The monoisotopic (exact) mass is 284 g/mol.